The van der Waals surface area contributed by atoms with E-state index in [1.165, 1.54) is 12.0 Å². The molecule has 0 amide bonds. The van der Waals surface area contributed by atoms with Crippen molar-refractivity contribution >= 4 is 23.2 Å². The van der Waals surface area contributed by atoms with Crippen LogP contribution < -0.4 is 5.32 Å². The molecule has 0 spiro atoms. The van der Waals surface area contributed by atoms with Crippen LogP contribution in [0.3, 0.4) is 0 Å². The van der Waals surface area contributed by atoms with E-state index in [4.69, 9.17) is 23.2 Å². The van der Waals surface area contributed by atoms with E-state index in [0.717, 1.165) is 48.7 Å². The number of hydrogen-bond acceptors (Lipinski definition) is 2. The standard InChI is InChI=1S/C16H24Cl2N2/c1-12(2)9-20(10-13-3-4-19-8-13)11-14-5-15(17)7-16(18)6-14/h5-7,12-13,19H,3-4,8-11H2,1-2H3/t13-/m1/s1. The van der Waals surface area contributed by atoms with Gasteiger partial charge in [-0.1, -0.05) is 37.0 Å². The van der Waals surface area contributed by atoms with Crippen LogP contribution in [0.4, 0.5) is 0 Å². The van der Waals surface area contributed by atoms with Crippen molar-refractivity contribution in [2.24, 2.45) is 11.8 Å². The zero-order valence-electron chi connectivity index (χ0n) is 12.3. The lowest BCUT2D eigenvalue weighted by Crippen LogP contribution is -2.33. The fraction of sp³-hybridized carbons (Fsp3) is 0.625. The first kappa shape index (κ1) is 16.1. The van der Waals surface area contributed by atoms with Crippen molar-refractivity contribution in [2.75, 3.05) is 26.2 Å². The third kappa shape index (κ3) is 5.25. The lowest BCUT2D eigenvalue weighted by atomic mass is 10.1. The molecule has 0 aromatic heterocycles. The maximum Gasteiger partial charge on any atom is 0.0424 e. The lowest BCUT2D eigenvalue weighted by molar-refractivity contribution is 0.205. The van der Waals surface area contributed by atoms with Gasteiger partial charge in [0, 0.05) is 29.7 Å². The molecule has 4 heteroatoms. The average Bonchev–Trinajstić information content (AvgIpc) is 2.79. The molecule has 1 aromatic rings. The molecule has 1 N–H and O–H groups in total. The largest absolute Gasteiger partial charge is 0.316 e. The Hall–Kier alpha value is -0.280. The highest BCUT2D eigenvalue weighted by Crippen LogP contribution is 2.21. The van der Waals surface area contributed by atoms with Crippen molar-refractivity contribution in [1.82, 2.24) is 10.2 Å². The van der Waals surface area contributed by atoms with Gasteiger partial charge in [0.2, 0.25) is 0 Å². The summed E-state index contributed by atoms with van der Waals surface area (Å²) in [5, 5.41) is 4.89. The van der Waals surface area contributed by atoms with Gasteiger partial charge in [-0.2, -0.15) is 0 Å². The van der Waals surface area contributed by atoms with E-state index in [2.05, 4.69) is 24.1 Å². The van der Waals surface area contributed by atoms with Crippen molar-refractivity contribution < 1.29 is 0 Å². The molecule has 0 bridgehead atoms. The van der Waals surface area contributed by atoms with Crippen LogP contribution in [0.15, 0.2) is 18.2 Å². The zero-order chi connectivity index (χ0) is 14.5. The number of rotatable bonds is 6. The van der Waals surface area contributed by atoms with Gasteiger partial charge >= 0.3 is 0 Å². The topological polar surface area (TPSA) is 15.3 Å². The van der Waals surface area contributed by atoms with Crippen molar-refractivity contribution in [3.05, 3.63) is 33.8 Å². The summed E-state index contributed by atoms with van der Waals surface area (Å²) in [6.07, 6.45) is 1.28. The van der Waals surface area contributed by atoms with E-state index in [1.807, 2.05) is 12.1 Å². The first-order valence-corrected chi connectivity index (χ1v) is 8.16. The van der Waals surface area contributed by atoms with Crippen molar-refractivity contribution in [1.29, 1.82) is 0 Å². The predicted molar refractivity (Wildman–Crippen MR) is 87.6 cm³/mol. The number of halogens is 2. The summed E-state index contributed by atoms with van der Waals surface area (Å²) in [4.78, 5) is 2.53. The fourth-order valence-electron chi connectivity index (χ4n) is 2.92. The Morgan fingerprint density at radius 3 is 2.50 bits per heavy atom. The number of benzene rings is 1. The molecule has 1 aliphatic heterocycles. The second kappa shape index (κ2) is 7.65. The Morgan fingerprint density at radius 1 is 1.25 bits per heavy atom. The Bertz CT molecular complexity index is 408. The van der Waals surface area contributed by atoms with Gasteiger partial charge < -0.3 is 5.32 Å². The zero-order valence-corrected chi connectivity index (χ0v) is 13.8. The molecule has 20 heavy (non-hydrogen) atoms. The Morgan fingerprint density at radius 2 is 1.95 bits per heavy atom. The molecule has 1 fully saturated rings. The summed E-state index contributed by atoms with van der Waals surface area (Å²) in [6, 6.07) is 5.83. The van der Waals surface area contributed by atoms with E-state index in [-0.39, 0.29) is 0 Å². The molecule has 1 heterocycles. The second-order valence-electron chi connectivity index (χ2n) is 6.22. The van der Waals surface area contributed by atoms with Gasteiger partial charge in [0.1, 0.15) is 0 Å². The summed E-state index contributed by atoms with van der Waals surface area (Å²) in [5.74, 6) is 1.43. The molecule has 0 aliphatic carbocycles. The van der Waals surface area contributed by atoms with Gasteiger partial charge in [-0.15, -0.1) is 0 Å². The molecule has 0 unspecified atom stereocenters. The second-order valence-corrected chi connectivity index (χ2v) is 7.10. The molecule has 1 atom stereocenters. The van der Waals surface area contributed by atoms with Crippen LogP contribution in [-0.2, 0) is 6.54 Å². The van der Waals surface area contributed by atoms with Gasteiger partial charge in [0.25, 0.3) is 0 Å². The minimum absolute atomic E-state index is 0.666. The summed E-state index contributed by atoms with van der Waals surface area (Å²) in [7, 11) is 0. The molecule has 1 saturated heterocycles. The van der Waals surface area contributed by atoms with Crippen LogP contribution in [-0.4, -0.2) is 31.1 Å². The Labute approximate surface area is 132 Å². The fourth-order valence-corrected chi connectivity index (χ4v) is 3.49. The summed E-state index contributed by atoms with van der Waals surface area (Å²) < 4.78 is 0. The molecule has 2 rings (SSSR count). The Kier molecular flexibility index (Phi) is 6.16. The molecule has 1 aromatic carbocycles. The molecule has 1 aliphatic rings. The van der Waals surface area contributed by atoms with Crippen LogP contribution in [0.5, 0.6) is 0 Å². The van der Waals surface area contributed by atoms with E-state index >= 15 is 0 Å². The minimum atomic E-state index is 0.666. The summed E-state index contributed by atoms with van der Waals surface area (Å²) in [5.41, 5.74) is 1.20. The highest BCUT2D eigenvalue weighted by Gasteiger charge is 2.19. The first-order valence-electron chi connectivity index (χ1n) is 7.41. The lowest BCUT2D eigenvalue weighted by Gasteiger charge is -2.27. The first-order chi connectivity index (χ1) is 9.52. The van der Waals surface area contributed by atoms with E-state index < -0.39 is 0 Å². The summed E-state index contributed by atoms with van der Waals surface area (Å²) in [6.45, 7) is 10.0. The van der Waals surface area contributed by atoms with E-state index in [1.54, 1.807) is 6.07 Å². The highest BCUT2D eigenvalue weighted by atomic mass is 35.5. The number of nitrogens with zero attached hydrogens (tertiary/aromatic N) is 1. The van der Waals surface area contributed by atoms with Crippen molar-refractivity contribution in [2.45, 2.75) is 26.8 Å². The molecule has 112 valence electrons. The molecular formula is C16H24Cl2N2. The van der Waals surface area contributed by atoms with E-state index in [0.29, 0.717) is 5.92 Å². The number of hydrogen-bond donors (Lipinski definition) is 1. The summed E-state index contributed by atoms with van der Waals surface area (Å²) >= 11 is 12.2. The van der Waals surface area contributed by atoms with Crippen LogP contribution in [0, 0.1) is 11.8 Å². The smallest absolute Gasteiger partial charge is 0.0424 e. The third-order valence-electron chi connectivity index (χ3n) is 3.63. The molecule has 2 nitrogen and oxygen atoms in total. The van der Waals surface area contributed by atoms with Gasteiger partial charge in [0.05, 0.1) is 0 Å². The SMILES string of the molecule is CC(C)CN(Cc1cc(Cl)cc(Cl)c1)C[C@@H]1CCNC1. The van der Waals surface area contributed by atoms with Gasteiger partial charge in [-0.25, -0.2) is 0 Å². The van der Waals surface area contributed by atoms with Gasteiger partial charge in [-0.05, 0) is 55.1 Å². The van der Waals surface area contributed by atoms with Crippen molar-refractivity contribution in [3.63, 3.8) is 0 Å². The van der Waals surface area contributed by atoms with Crippen LogP contribution in [0.2, 0.25) is 10.0 Å². The number of nitrogens with one attached hydrogen (secondary N) is 1. The average molecular weight is 315 g/mol. The maximum atomic E-state index is 6.10. The Balaban J connectivity index is 2.01. The van der Waals surface area contributed by atoms with E-state index in [9.17, 15) is 0 Å². The molecule has 0 saturated carbocycles. The maximum absolute atomic E-state index is 6.10. The van der Waals surface area contributed by atoms with Crippen LogP contribution in [0.25, 0.3) is 0 Å². The normalized spacial score (nSPS) is 19.2. The quantitative estimate of drug-likeness (QED) is 0.851. The van der Waals surface area contributed by atoms with Gasteiger partial charge in [-0.3, -0.25) is 4.90 Å². The predicted octanol–water partition coefficient (Wildman–Crippen LogP) is 4.06. The van der Waals surface area contributed by atoms with Crippen LogP contribution >= 0.6 is 23.2 Å². The molecule has 0 radical (unpaired) electrons. The highest BCUT2D eigenvalue weighted by molar-refractivity contribution is 6.34. The minimum Gasteiger partial charge on any atom is -0.316 e. The third-order valence-corrected chi connectivity index (χ3v) is 4.07. The monoisotopic (exact) mass is 314 g/mol. The van der Waals surface area contributed by atoms with Gasteiger partial charge in [0.15, 0.2) is 0 Å². The van der Waals surface area contributed by atoms with Crippen molar-refractivity contribution in [3.8, 4) is 0 Å². The molecular weight excluding hydrogens is 291 g/mol. The van der Waals surface area contributed by atoms with Crippen LogP contribution in [0.1, 0.15) is 25.8 Å².